The lowest BCUT2D eigenvalue weighted by Crippen LogP contribution is -2.08. The van der Waals surface area contributed by atoms with Crippen LogP contribution in [0.5, 0.6) is 5.75 Å². The fourth-order valence-corrected chi connectivity index (χ4v) is 3.72. The molecule has 2 aromatic rings. The number of hydrogen-bond acceptors (Lipinski definition) is 6. The molecular weight excluding hydrogens is 312 g/mol. The Morgan fingerprint density at radius 3 is 2.83 bits per heavy atom. The van der Waals surface area contributed by atoms with Crippen LogP contribution in [0.2, 0.25) is 0 Å². The predicted molar refractivity (Wildman–Crippen MR) is 90.1 cm³/mol. The summed E-state index contributed by atoms with van der Waals surface area (Å²) < 4.78 is 12.7. The van der Waals surface area contributed by atoms with Crippen LogP contribution in [-0.4, -0.2) is 40.8 Å². The topological polar surface area (TPSA) is 75.2 Å². The van der Waals surface area contributed by atoms with Crippen LogP contribution in [0.15, 0.2) is 29.4 Å². The van der Waals surface area contributed by atoms with Crippen LogP contribution in [-0.2, 0) is 11.3 Å². The lowest BCUT2D eigenvalue weighted by molar-refractivity contribution is 0.185. The third kappa shape index (κ3) is 3.85. The maximum Gasteiger partial charge on any atom is 0.195 e. The second-order valence-corrected chi connectivity index (χ2v) is 6.57. The van der Waals surface area contributed by atoms with Crippen LogP contribution < -0.4 is 10.5 Å². The molecule has 1 saturated heterocycles. The molecule has 0 radical (unpaired) electrons. The Kier molecular flexibility index (Phi) is 5.53. The minimum atomic E-state index is 0.357. The quantitative estimate of drug-likeness (QED) is 0.783. The number of aromatic nitrogens is 3. The number of hydrogen-bond donors (Lipinski definition) is 1. The number of benzene rings is 1. The SMILES string of the molecule is COc1ccc(-n2c(CN)nnc2SCC[C@H]2CCOC2)cc1. The van der Waals surface area contributed by atoms with E-state index in [1.54, 1.807) is 18.9 Å². The zero-order valence-corrected chi connectivity index (χ0v) is 14.1. The first-order chi connectivity index (χ1) is 11.3. The van der Waals surface area contributed by atoms with Crippen LogP contribution in [0.25, 0.3) is 5.69 Å². The van der Waals surface area contributed by atoms with E-state index in [-0.39, 0.29) is 0 Å². The van der Waals surface area contributed by atoms with E-state index in [1.807, 2.05) is 28.8 Å². The van der Waals surface area contributed by atoms with Gasteiger partial charge in [0.05, 0.1) is 13.7 Å². The number of ether oxygens (including phenoxy) is 2. The van der Waals surface area contributed by atoms with Crippen LogP contribution in [0, 0.1) is 5.92 Å². The number of nitrogens with two attached hydrogens (primary N) is 1. The lowest BCUT2D eigenvalue weighted by Gasteiger charge is -2.11. The van der Waals surface area contributed by atoms with E-state index >= 15 is 0 Å². The Balaban J connectivity index is 1.73. The molecule has 0 unspecified atom stereocenters. The van der Waals surface area contributed by atoms with E-state index in [1.165, 1.54) is 6.42 Å². The second kappa shape index (κ2) is 7.81. The van der Waals surface area contributed by atoms with E-state index in [0.717, 1.165) is 47.8 Å². The van der Waals surface area contributed by atoms with Gasteiger partial charge < -0.3 is 15.2 Å². The molecule has 1 fully saturated rings. The van der Waals surface area contributed by atoms with Gasteiger partial charge in [0.15, 0.2) is 11.0 Å². The molecule has 23 heavy (non-hydrogen) atoms. The van der Waals surface area contributed by atoms with Crippen molar-refractivity contribution in [1.29, 1.82) is 0 Å². The van der Waals surface area contributed by atoms with Crippen molar-refractivity contribution >= 4 is 11.8 Å². The summed E-state index contributed by atoms with van der Waals surface area (Å²) in [5, 5.41) is 9.40. The van der Waals surface area contributed by atoms with Crippen molar-refractivity contribution < 1.29 is 9.47 Å². The van der Waals surface area contributed by atoms with Gasteiger partial charge in [-0.2, -0.15) is 0 Å². The first kappa shape index (κ1) is 16.3. The smallest absolute Gasteiger partial charge is 0.195 e. The fraction of sp³-hybridized carbons (Fsp3) is 0.500. The molecular formula is C16H22N4O2S. The summed E-state index contributed by atoms with van der Waals surface area (Å²) in [5.74, 6) is 3.27. The average molecular weight is 334 g/mol. The molecule has 1 aliphatic rings. The number of methoxy groups -OCH3 is 1. The molecule has 3 rings (SSSR count). The highest BCUT2D eigenvalue weighted by atomic mass is 32.2. The largest absolute Gasteiger partial charge is 0.497 e. The molecule has 1 atom stereocenters. The van der Waals surface area contributed by atoms with E-state index in [9.17, 15) is 0 Å². The summed E-state index contributed by atoms with van der Waals surface area (Å²) >= 11 is 1.72. The van der Waals surface area contributed by atoms with Crippen molar-refractivity contribution in [1.82, 2.24) is 14.8 Å². The summed E-state index contributed by atoms with van der Waals surface area (Å²) in [7, 11) is 1.66. The molecule has 0 saturated carbocycles. The molecule has 2 N–H and O–H groups in total. The molecule has 1 aromatic carbocycles. The van der Waals surface area contributed by atoms with Crippen molar-refractivity contribution in [2.45, 2.75) is 24.5 Å². The average Bonchev–Trinajstić information content (AvgIpc) is 3.24. The normalized spacial score (nSPS) is 17.6. The highest BCUT2D eigenvalue weighted by Crippen LogP contribution is 2.26. The van der Waals surface area contributed by atoms with Gasteiger partial charge in [0.1, 0.15) is 5.75 Å². The summed E-state index contributed by atoms with van der Waals surface area (Å²) in [6, 6.07) is 7.85. The van der Waals surface area contributed by atoms with Gasteiger partial charge in [-0.3, -0.25) is 4.57 Å². The number of thioether (sulfide) groups is 1. The van der Waals surface area contributed by atoms with Gasteiger partial charge in [-0.1, -0.05) is 11.8 Å². The van der Waals surface area contributed by atoms with Crippen molar-refractivity contribution in [2.75, 3.05) is 26.1 Å². The van der Waals surface area contributed by atoms with Crippen molar-refractivity contribution in [2.24, 2.45) is 11.7 Å². The van der Waals surface area contributed by atoms with Crippen molar-refractivity contribution in [3.05, 3.63) is 30.1 Å². The van der Waals surface area contributed by atoms with E-state index in [4.69, 9.17) is 15.2 Å². The molecule has 6 nitrogen and oxygen atoms in total. The highest BCUT2D eigenvalue weighted by Gasteiger charge is 2.17. The van der Waals surface area contributed by atoms with Gasteiger partial charge in [0, 0.05) is 24.7 Å². The summed E-state index contributed by atoms with van der Waals surface area (Å²) in [6.07, 6.45) is 2.30. The zero-order valence-electron chi connectivity index (χ0n) is 13.3. The number of rotatable bonds is 7. The maximum absolute atomic E-state index is 5.81. The third-order valence-corrected chi connectivity index (χ3v) is 4.96. The van der Waals surface area contributed by atoms with E-state index < -0.39 is 0 Å². The first-order valence-electron chi connectivity index (χ1n) is 7.81. The Morgan fingerprint density at radius 2 is 2.17 bits per heavy atom. The summed E-state index contributed by atoms with van der Waals surface area (Å²) in [6.45, 7) is 2.14. The monoisotopic (exact) mass is 334 g/mol. The van der Waals surface area contributed by atoms with Crippen LogP contribution in [0.4, 0.5) is 0 Å². The molecule has 0 aliphatic carbocycles. The van der Waals surface area contributed by atoms with Gasteiger partial charge in [-0.05, 0) is 43.0 Å². The minimum absolute atomic E-state index is 0.357. The van der Waals surface area contributed by atoms with Gasteiger partial charge in [-0.25, -0.2) is 0 Å². The van der Waals surface area contributed by atoms with Crippen molar-refractivity contribution in [3.8, 4) is 11.4 Å². The fourth-order valence-electron chi connectivity index (χ4n) is 2.64. The molecule has 0 spiro atoms. The summed E-state index contributed by atoms with van der Waals surface area (Å²) in [4.78, 5) is 0. The molecule has 7 heteroatoms. The summed E-state index contributed by atoms with van der Waals surface area (Å²) in [5.41, 5.74) is 6.81. The standard InChI is InChI=1S/C16H22N4O2S/c1-21-14-4-2-13(3-5-14)20-15(10-17)18-19-16(20)23-9-7-12-6-8-22-11-12/h2-5,12H,6-11,17H2,1H3/t12-/m1/s1. The molecule has 0 amide bonds. The second-order valence-electron chi connectivity index (χ2n) is 5.50. The Hall–Kier alpha value is -1.57. The van der Waals surface area contributed by atoms with Gasteiger partial charge in [0.2, 0.25) is 0 Å². The van der Waals surface area contributed by atoms with E-state index in [0.29, 0.717) is 12.5 Å². The van der Waals surface area contributed by atoms with Crippen LogP contribution in [0.1, 0.15) is 18.7 Å². The van der Waals surface area contributed by atoms with Crippen LogP contribution in [0.3, 0.4) is 0 Å². The van der Waals surface area contributed by atoms with Crippen molar-refractivity contribution in [3.63, 3.8) is 0 Å². The predicted octanol–water partition coefficient (Wildman–Crippen LogP) is 2.25. The van der Waals surface area contributed by atoms with Gasteiger partial charge >= 0.3 is 0 Å². The molecule has 2 heterocycles. The maximum atomic E-state index is 5.81. The first-order valence-corrected chi connectivity index (χ1v) is 8.79. The molecule has 1 aliphatic heterocycles. The Bertz CT molecular complexity index is 624. The Labute approximate surface area is 140 Å². The van der Waals surface area contributed by atoms with Gasteiger partial charge in [0.25, 0.3) is 0 Å². The molecule has 124 valence electrons. The van der Waals surface area contributed by atoms with E-state index in [2.05, 4.69) is 10.2 Å². The molecule has 0 bridgehead atoms. The molecule has 1 aromatic heterocycles. The highest BCUT2D eigenvalue weighted by molar-refractivity contribution is 7.99. The minimum Gasteiger partial charge on any atom is -0.497 e. The number of nitrogens with zero attached hydrogens (tertiary/aromatic N) is 3. The van der Waals surface area contributed by atoms with Gasteiger partial charge in [-0.15, -0.1) is 10.2 Å². The lowest BCUT2D eigenvalue weighted by atomic mass is 10.1. The Morgan fingerprint density at radius 1 is 1.35 bits per heavy atom. The third-order valence-electron chi connectivity index (χ3n) is 3.99. The zero-order chi connectivity index (χ0) is 16.1. The van der Waals surface area contributed by atoms with Crippen LogP contribution >= 0.6 is 11.8 Å².